The standard InChI is InChI=1S/C13H15F3N2O/c14-13(15,16)12(5-6-12)18-11(19)7-9-3-1-2-4-10(9)8-17/h1-4H,5-8,17H2,(H,18,19). The van der Waals surface area contributed by atoms with Gasteiger partial charge >= 0.3 is 6.18 Å². The summed E-state index contributed by atoms with van der Waals surface area (Å²) in [5.74, 6) is -0.615. The molecular weight excluding hydrogens is 257 g/mol. The summed E-state index contributed by atoms with van der Waals surface area (Å²) in [5.41, 5.74) is 4.97. The zero-order valence-corrected chi connectivity index (χ0v) is 10.3. The molecule has 1 aliphatic carbocycles. The number of nitrogens with two attached hydrogens (primary N) is 1. The summed E-state index contributed by atoms with van der Waals surface area (Å²) in [7, 11) is 0. The lowest BCUT2D eigenvalue weighted by molar-refractivity contribution is -0.170. The lowest BCUT2D eigenvalue weighted by atomic mass is 10.0. The van der Waals surface area contributed by atoms with Crippen LogP contribution >= 0.6 is 0 Å². The molecule has 19 heavy (non-hydrogen) atoms. The number of carbonyl (C=O) groups excluding carboxylic acids is 1. The molecule has 0 aliphatic heterocycles. The van der Waals surface area contributed by atoms with Crippen molar-refractivity contribution in [1.29, 1.82) is 0 Å². The Morgan fingerprint density at radius 1 is 1.26 bits per heavy atom. The fourth-order valence-corrected chi connectivity index (χ4v) is 2.02. The van der Waals surface area contributed by atoms with E-state index in [0.29, 0.717) is 5.56 Å². The molecule has 3 nitrogen and oxygen atoms in total. The first-order valence-electron chi connectivity index (χ1n) is 6.02. The van der Waals surface area contributed by atoms with Crippen LogP contribution < -0.4 is 11.1 Å². The smallest absolute Gasteiger partial charge is 0.342 e. The van der Waals surface area contributed by atoms with Gasteiger partial charge in [0.1, 0.15) is 5.54 Å². The third kappa shape index (κ3) is 2.89. The Bertz CT molecular complexity index is 481. The van der Waals surface area contributed by atoms with Crippen LogP contribution in [0.4, 0.5) is 13.2 Å². The van der Waals surface area contributed by atoms with Crippen molar-refractivity contribution in [2.24, 2.45) is 5.73 Å². The normalized spacial score (nSPS) is 17.1. The summed E-state index contributed by atoms with van der Waals surface area (Å²) < 4.78 is 38.1. The molecule has 0 atom stereocenters. The van der Waals surface area contributed by atoms with Gasteiger partial charge in [0.05, 0.1) is 6.42 Å². The highest BCUT2D eigenvalue weighted by Gasteiger charge is 2.64. The Balaban J connectivity index is 2.03. The molecule has 0 saturated heterocycles. The molecule has 0 heterocycles. The number of alkyl halides is 3. The van der Waals surface area contributed by atoms with Gasteiger partial charge in [0.2, 0.25) is 5.91 Å². The predicted molar refractivity (Wildman–Crippen MR) is 64.2 cm³/mol. The summed E-state index contributed by atoms with van der Waals surface area (Å²) in [5, 5.41) is 2.10. The Hall–Kier alpha value is -1.56. The van der Waals surface area contributed by atoms with Gasteiger partial charge in [-0.2, -0.15) is 13.2 Å². The maximum Gasteiger partial charge on any atom is 0.411 e. The van der Waals surface area contributed by atoms with Crippen LogP contribution in [0.25, 0.3) is 0 Å². The molecule has 2 rings (SSSR count). The van der Waals surface area contributed by atoms with Crippen LogP contribution in [0.1, 0.15) is 24.0 Å². The molecule has 1 amide bonds. The van der Waals surface area contributed by atoms with E-state index in [0.717, 1.165) is 5.56 Å². The van der Waals surface area contributed by atoms with Crippen LogP contribution in [-0.4, -0.2) is 17.6 Å². The first-order valence-corrected chi connectivity index (χ1v) is 6.02. The van der Waals surface area contributed by atoms with Crippen LogP contribution in [0.3, 0.4) is 0 Å². The average molecular weight is 272 g/mol. The summed E-state index contributed by atoms with van der Waals surface area (Å²) in [4.78, 5) is 11.7. The number of amides is 1. The molecule has 0 radical (unpaired) electrons. The van der Waals surface area contributed by atoms with Gasteiger partial charge in [-0.15, -0.1) is 0 Å². The van der Waals surface area contributed by atoms with Crippen molar-refractivity contribution in [3.8, 4) is 0 Å². The number of hydrogen-bond donors (Lipinski definition) is 2. The summed E-state index contributed by atoms with van der Waals surface area (Å²) >= 11 is 0. The van der Waals surface area contributed by atoms with E-state index in [1.54, 1.807) is 24.3 Å². The molecule has 1 saturated carbocycles. The van der Waals surface area contributed by atoms with Gasteiger partial charge in [0.15, 0.2) is 0 Å². The number of nitrogens with one attached hydrogen (secondary N) is 1. The molecule has 1 aromatic rings. The predicted octanol–water partition coefficient (Wildman–Crippen LogP) is 1.90. The van der Waals surface area contributed by atoms with Gasteiger partial charge < -0.3 is 11.1 Å². The lowest BCUT2D eigenvalue weighted by Gasteiger charge is -2.21. The summed E-state index contributed by atoms with van der Waals surface area (Å²) in [6, 6.07) is 6.98. The molecule has 104 valence electrons. The van der Waals surface area contributed by atoms with E-state index in [-0.39, 0.29) is 25.8 Å². The third-order valence-electron chi connectivity index (χ3n) is 3.36. The topological polar surface area (TPSA) is 55.1 Å². The molecule has 1 aromatic carbocycles. The fourth-order valence-electron chi connectivity index (χ4n) is 2.02. The highest BCUT2D eigenvalue weighted by molar-refractivity contribution is 5.80. The van der Waals surface area contributed by atoms with Gasteiger partial charge in [-0.25, -0.2) is 0 Å². The molecule has 0 spiro atoms. The van der Waals surface area contributed by atoms with E-state index in [9.17, 15) is 18.0 Å². The van der Waals surface area contributed by atoms with Gasteiger partial charge in [-0.1, -0.05) is 24.3 Å². The van der Waals surface area contributed by atoms with Crippen molar-refractivity contribution in [3.63, 3.8) is 0 Å². The second kappa shape index (κ2) is 4.85. The minimum atomic E-state index is -4.38. The Labute approximate surface area is 109 Å². The van der Waals surface area contributed by atoms with E-state index in [1.807, 2.05) is 0 Å². The van der Waals surface area contributed by atoms with Crippen molar-refractivity contribution in [2.75, 3.05) is 0 Å². The molecule has 6 heteroatoms. The van der Waals surface area contributed by atoms with Crippen molar-refractivity contribution in [1.82, 2.24) is 5.32 Å². The van der Waals surface area contributed by atoms with Gasteiger partial charge in [0.25, 0.3) is 0 Å². The number of hydrogen-bond acceptors (Lipinski definition) is 2. The lowest BCUT2D eigenvalue weighted by Crippen LogP contribution is -2.48. The monoisotopic (exact) mass is 272 g/mol. The van der Waals surface area contributed by atoms with Crippen LogP contribution in [0.15, 0.2) is 24.3 Å². The second-order valence-corrected chi connectivity index (χ2v) is 4.78. The quantitative estimate of drug-likeness (QED) is 0.879. The molecule has 0 aromatic heterocycles. The molecule has 1 fully saturated rings. The highest BCUT2D eigenvalue weighted by Crippen LogP contribution is 2.48. The molecular formula is C13H15F3N2O. The van der Waals surface area contributed by atoms with Crippen LogP contribution in [0.5, 0.6) is 0 Å². The number of benzene rings is 1. The first-order chi connectivity index (χ1) is 8.88. The highest BCUT2D eigenvalue weighted by atomic mass is 19.4. The zero-order valence-electron chi connectivity index (χ0n) is 10.3. The maximum absolute atomic E-state index is 12.7. The summed E-state index contributed by atoms with van der Waals surface area (Å²) in [6.45, 7) is 0.258. The number of halogens is 3. The van der Waals surface area contributed by atoms with E-state index >= 15 is 0 Å². The van der Waals surface area contributed by atoms with Gasteiger partial charge in [-0.05, 0) is 24.0 Å². The van der Waals surface area contributed by atoms with E-state index in [1.165, 1.54) is 0 Å². The van der Waals surface area contributed by atoms with E-state index in [4.69, 9.17) is 5.73 Å². The number of carbonyl (C=O) groups is 1. The third-order valence-corrected chi connectivity index (χ3v) is 3.36. The fraction of sp³-hybridized carbons (Fsp3) is 0.462. The first kappa shape index (κ1) is 13.9. The van der Waals surface area contributed by atoms with Crippen molar-refractivity contribution in [2.45, 2.75) is 37.5 Å². The molecule has 0 bridgehead atoms. The zero-order chi connectivity index (χ0) is 14.1. The van der Waals surface area contributed by atoms with Crippen molar-refractivity contribution in [3.05, 3.63) is 35.4 Å². The van der Waals surface area contributed by atoms with Gasteiger partial charge in [-0.3, -0.25) is 4.79 Å². The summed E-state index contributed by atoms with van der Waals surface area (Å²) in [6.07, 6.45) is -4.54. The number of rotatable bonds is 4. The minimum Gasteiger partial charge on any atom is -0.342 e. The maximum atomic E-state index is 12.7. The van der Waals surface area contributed by atoms with Crippen LogP contribution in [0.2, 0.25) is 0 Å². The largest absolute Gasteiger partial charge is 0.411 e. The Morgan fingerprint density at radius 3 is 2.32 bits per heavy atom. The Morgan fingerprint density at radius 2 is 1.84 bits per heavy atom. The second-order valence-electron chi connectivity index (χ2n) is 4.78. The van der Waals surface area contributed by atoms with E-state index in [2.05, 4.69) is 5.32 Å². The molecule has 3 N–H and O–H groups in total. The Kier molecular flexibility index (Phi) is 3.54. The molecule has 0 unspecified atom stereocenters. The van der Waals surface area contributed by atoms with E-state index < -0.39 is 17.6 Å². The molecule has 1 aliphatic rings. The van der Waals surface area contributed by atoms with Crippen molar-refractivity contribution < 1.29 is 18.0 Å². The average Bonchev–Trinajstić information content (AvgIpc) is 3.10. The van der Waals surface area contributed by atoms with Crippen LogP contribution in [-0.2, 0) is 17.8 Å². The van der Waals surface area contributed by atoms with Crippen LogP contribution in [0, 0.1) is 0 Å². The SMILES string of the molecule is NCc1ccccc1CC(=O)NC1(C(F)(F)F)CC1. The van der Waals surface area contributed by atoms with Gasteiger partial charge in [0, 0.05) is 6.54 Å². The minimum absolute atomic E-state index is 0.0409. The van der Waals surface area contributed by atoms with Crippen molar-refractivity contribution >= 4 is 5.91 Å².